The van der Waals surface area contributed by atoms with E-state index in [9.17, 15) is 13.2 Å². The van der Waals surface area contributed by atoms with E-state index in [4.69, 9.17) is 9.47 Å². The number of likely N-dealkylation sites (tertiary alicyclic amines) is 1. The molecule has 0 saturated carbocycles. The summed E-state index contributed by atoms with van der Waals surface area (Å²) in [7, 11) is 0.659. The number of fused-ring (bicyclic) bond motifs is 1. The maximum Gasteiger partial charge on any atom is 0.264 e. The highest BCUT2D eigenvalue weighted by Crippen LogP contribution is 2.34. The van der Waals surface area contributed by atoms with Crippen LogP contribution in [0.15, 0.2) is 47.4 Å². The van der Waals surface area contributed by atoms with E-state index in [1.165, 1.54) is 61.9 Å². The van der Waals surface area contributed by atoms with Gasteiger partial charge in [-0.15, -0.1) is 11.3 Å². The molecule has 1 saturated heterocycles. The molecule has 33 heavy (non-hydrogen) atoms. The van der Waals surface area contributed by atoms with Crippen molar-refractivity contribution in [3.63, 3.8) is 0 Å². The lowest BCUT2D eigenvalue weighted by Crippen LogP contribution is -2.31. The van der Waals surface area contributed by atoms with Crippen molar-refractivity contribution in [3.05, 3.63) is 47.3 Å². The molecule has 3 aromatic rings. The first-order chi connectivity index (χ1) is 15.8. The molecule has 9 heteroatoms. The predicted octanol–water partition coefficient (Wildman–Crippen LogP) is 4.76. The molecule has 1 amide bonds. The summed E-state index contributed by atoms with van der Waals surface area (Å²) in [5.41, 5.74) is 0.517. The number of hydrogen-bond donors (Lipinski definition) is 0. The van der Waals surface area contributed by atoms with E-state index in [-0.39, 0.29) is 10.8 Å². The Morgan fingerprint density at radius 3 is 2.30 bits per heavy atom. The van der Waals surface area contributed by atoms with Crippen LogP contribution < -0.4 is 13.8 Å². The average Bonchev–Trinajstić information content (AvgIpc) is 3.07. The number of ether oxygens (including phenoxy) is 2. The molecular weight excluding hydrogens is 460 g/mol. The summed E-state index contributed by atoms with van der Waals surface area (Å²) in [4.78, 5) is 15.7. The van der Waals surface area contributed by atoms with Crippen LogP contribution in [-0.2, 0) is 10.0 Å². The van der Waals surface area contributed by atoms with Gasteiger partial charge in [-0.25, -0.2) is 8.42 Å². The van der Waals surface area contributed by atoms with Crippen LogP contribution in [0, 0.1) is 0 Å². The molecule has 1 aliphatic rings. The van der Waals surface area contributed by atoms with E-state index < -0.39 is 10.0 Å². The highest BCUT2D eigenvalue weighted by molar-refractivity contribution is 7.92. The molecule has 0 unspecified atom stereocenters. The number of amides is 1. The maximum atomic E-state index is 13.3. The SMILES string of the molecule is COc1ccc(S(=O)(=O)N(C)c2ccc3sc(C(=O)N4CCCCCC4)cc3c2)cc1OC. The molecule has 1 fully saturated rings. The van der Waals surface area contributed by atoms with Gasteiger partial charge in [-0.05, 0) is 54.6 Å². The van der Waals surface area contributed by atoms with Gasteiger partial charge >= 0.3 is 0 Å². The summed E-state index contributed by atoms with van der Waals surface area (Å²) in [6, 6.07) is 11.8. The van der Waals surface area contributed by atoms with Crippen molar-refractivity contribution in [2.24, 2.45) is 0 Å². The zero-order valence-electron chi connectivity index (χ0n) is 19.0. The molecular formula is C24H28N2O5S2. The zero-order chi connectivity index (χ0) is 23.6. The van der Waals surface area contributed by atoms with E-state index >= 15 is 0 Å². The van der Waals surface area contributed by atoms with Crippen LogP contribution in [0.1, 0.15) is 35.4 Å². The Bertz CT molecular complexity index is 1260. The van der Waals surface area contributed by atoms with E-state index in [1.807, 2.05) is 23.1 Å². The lowest BCUT2D eigenvalue weighted by molar-refractivity contribution is 0.0766. The fraction of sp³-hybridized carbons (Fsp3) is 0.375. The molecule has 0 N–H and O–H groups in total. The maximum absolute atomic E-state index is 13.3. The minimum atomic E-state index is -3.82. The van der Waals surface area contributed by atoms with Crippen LogP contribution in [-0.4, -0.2) is 53.6 Å². The average molecular weight is 489 g/mol. The monoisotopic (exact) mass is 488 g/mol. The first kappa shape index (κ1) is 23.4. The van der Waals surface area contributed by atoms with Gasteiger partial charge in [0.05, 0.1) is 29.7 Å². The topological polar surface area (TPSA) is 76.2 Å². The predicted molar refractivity (Wildman–Crippen MR) is 131 cm³/mol. The van der Waals surface area contributed by atoms with Crippen LogP contribution >= 0.6 is 11.3 Å². The molecule has 7 nitrogen and oxygen atoms in total. The summed E-state index contributed by atoms with van der Waals surface area (Å²) in [5.74, 6) is 0.864. The summed E-state index contributed by atoms with van der Waals surface area (Å²) in [6.45, 7) is 1.59. The first-order valence-electron chi connectivity index (χ1n) is 10.9. The Kier molecular flexibility index (Phi) is 6.81. The number of hydrogen-bond acceptors (Lipinski definition) is 6. The van der Waals surface area contributed by atoms with Crippen molar-refractivity contribution in [1.82, 2.24) is 4.90 Å². The van der Waals surface area contributed by atoms with Gasteiger partial charge in [0.1, 0.15) is 0 Å². The molecule has 4 rings (SSSR count). The summed E-state index contributed by atoms with van der Waals surface area (Å²) in [5, 5.41) is 0.852. The molecule has 2 aromatic carbocycles. The normalized spacial score (nSPS) is 14.7. The molecule has 1 aliphatic heterocycles. The van der Waals surface area contributed by atoms with E-state index in [0.717, 1.165) is 36.0 Å². The number of sulfonamides is 1. The zero-order valence-corrected chi connectivity index (χ0v) is 20.7. The van der Waals surface area contributed by atoms with Crippen molar-refractivity contribution in [2.45, 2.75) is 30.6 Å². The molecule has 0 aliphatic carbocycles. The Labute approximate surface area is 198 Å². The molecule has 0 bridgehead atoms. The number of thiophene rings is 1. The lowest BCUT2D eigenvalue weighted by atomic mass is 10.2. The fourth-order valence-electron chi connectivity index (χ4n) is 4.04. The molecule has 0 atom stereocenters. The second kappa shape index (κ2) is 9.61. The minimum absolute atomic E-state index is 0.0611. The number of benzene rings is 2. The Morgan fingerprint density at radius 2 is 1.64 bits per heavy atom. The number of anilines is 1. The quantitative estimate of drug-likeness (QED) is 0.500. The molecule has 0 spiro atoms. The minimum Gasteiger partial charge on any atom is -0.493 e. The third kappa shape index (κ3) is 4.65. The molecule has 0 radical (unpaired) electrons. The van der Waals surface area contributed by atoms with Gasteiger partial charge in [0.25, 0.3) is 15.9 Å². The Hall–Kier alpha value is -2.78. The molecule has 1 aromatic heterocycles. The van der Waals surface area contributed by atoms with Crippen molar-refractivity contribution >= 4 is 43.0 Å². The Balaban J connectivity index is 1.62. The van der Waals surface area contributed by atoms with Gasteiger partial charge in [-0.1, -0.05) is 12.8 Å². The fourth-order valence-corrected chi connectivity index (χ4v) is 6.25. The van der Waals surface area contributed by atoms with Gasteiger partial charge in [0, 0.05) is 30.9 Å². The second-order valence-electron chi connectivity index (χ2n) is 8.03. The summed E-state index contributed by atoms with van der Waals surface area (Å²) < 4.78 is 39.2. The first-order valence-corrected chi connectivity index (χ1v) is 13.1. The van der Waals surface area contributed by atoms with Gasteiger partial charge in [0.2, 0.25) is 0 Å². The van der Waals surface area contributed by atoms with Gasteiger partial charge in [0.15, 0.2) is 11.5 Å². The number of carbonyl (C=O) groups excluding carboxylic acids is 1. The second-order valence-corrected chi connectivity index (χ2v) is 11.1. The third-order valence-corrected chi connectivity index (χ3v) is 8.87. The van der Waals surface area contributed by atoms with Crippen LogP contribution in [0.2, 0.25) is 0 Å². The summed E-state index contributed by atoms with van der Waals surface area (Å²) in [6.07, 6.45) is 4.42. The van der Waals surface area contributed by atoms with Crippen LogP contribution in [0.25, 0.3) is 10.1 Å². The van der Waals surface area contributed by atoms with Gasteiger partial charge < -0.3 is 14.4 Å². The number of nitrogens with zero attached hydrogens (tertiary/aromatic N) is 2. The van der Waals surface area contributed by atoms with Crippen molar-refractivity contribution in [1.29, 1.82) is 0 Å². The molecule has 2 heterocycles. The van der Waals surface area contributed by atoms with Gasteiger partial charge in [-0.2, -0.15) is 0 Å². The van der Waals surface area contributed by atoms with Crippen LogP contribution in [0.5, 0.6) is 11.5 Å². The van der Waals surface area contributed by atoms with Crippen LogP contribution in [0.4, 0.5) is 5.69 Å². The standard InChI is InChI=1S/C24H28N2O5S2/c1-25(33(28,29)19-9-10-20(30-2)21(16-19)31-3)18-8-11-22-17(14-18)15-23(32-22)24(27)26-12-6-4-5-7-13-26/h8-11,14-16H,4-7,12-13H2,1-3H3. The summed E-state index contributed by atoms with van der Waals surface area (Å²) >= 11 is 1.45. The highest BCUT2D eigenvalue weighted by Gasteiger charge is 2.24. The van der Waals surface area contributed by atoms with Gasteiger partial charge in [-0.3, -0.25) is 9.10 Å². The van der Waals surface area contributed by atoms with Crippen molar-refractivity contribution < 1.29 is 22.7 Å². The van der Waals surface area contributed by atoms with E-state index in [0.29, 0.717) is 22.1 Å². The highest BCUT2D eigenvalue weighted by atomic mass is 32.2. The van der Waals surface area contributed by atoms with Crippen molar-refractivity contribution in [2.75, 3.05) is 38.7 Å². The number of methoxy groups -OCH3 is 2. The molecule has 176 valence electrons. The smallest absolute Gasteiger partial charge is 0.264 e. The number of rotatable bonds is 6. The number of carbonyl (C=O) groups is 1. The lowest BCUT2D eigenvalue weighted by Gasteiger charge is -2.20. The third-order valence-electron chi connectivity index (χ3n) is 5.98. The van der Waals surface area contributed by atoms with E-state index in [2.05, 4.69) is 0 Å². The Morgan fingerprint density at radius 1 is 0.939 bits per heavy atom. The van der Waals surface area contributed by atoms with E-state index in [1.54, 1.807) is 12.1 Å². The largest absolute Gasteiger partial charge is 0.493 e. The van der Waals surface area contributed by atoms with Crippen molar-refractivity contribution in [3.8, 4) is 11.5 Å². The van der Waals surface area contributed by atoms with Crippen LogP contribution in [0.3, 0.4) is 0 Å².